The number of carbonyl (C=O) groups is 1. The summed E-state index contributed by atoms with van der Waals surface area (Å²) in [6.45, 7) is 4.82. The molecular formula is C23H29N7O. The zero-order chi connectivity index (χ0) is 21.2. The van der Waals surface area contributed by atoms with Crippen LogP contribution in [-0.4, -0.2) is 62.8 Å². The van der Waals surface area contributed by atoms with Crippen molar-refractivity contribution in [3.05, 3.63) is 47.9 Å². The van der Waals surface area contributed by atoms with Gasteiger partial charge in [0.2, 0.25) is 5.82 Å². The number of benzene rings is 1. The Balaban J connectivity index is 1.25. The Hall–Kier alpha value is -3.00. The minimum absolute atomic E-state index is 0.151. The normalized spacial score (nSPS) is 18.0. The predicted octanol–water partition coefficient (Wildman–Crippen LogP) is 2.36. The summed E-state index contributed by atoms with van der Waals surface area (Å²) in [5.41, 5.74) is 1.92. The van der Waals surface area contributed by atoms with E-state index in [9.17, 15) is 4.79 Å². The summed E-state index contributed by atoms with van der Waals surface area (Å²) in [7, 11) is 1.87. The number of rotatable bonds is 5. The number of likely N-dealkylation sites (tertiary alicyclic amines) is 1. The van der Waals surface area contributed by atoms with Crippen molar-refractivity contribution in [1.82, 2.24) is 30.0 Å². The highest BCUT2D eigenvalue weighted by molar-refractivity contribution is 5.95. The Morgan fingerprint density at radius 3 is 2.55 bits per heavy atom. The largest absolute Gasteiger partial charge is 0.356 e. The van der Waals surface area contributed by atoms with E-state index in [1.807, 2.05) is 19.3 Å². The van der Waals surface area contributed by atoms with Crippen molar-refractivity contribution in [1.29, 1.82) is 0 Å². The first kappa shape index (κ1) is 19.9. The molecule has 0 aliphatic carbocycles. The first-order valence-electron chi connectivity index (χ1n) is 11.2. The summed E-state index contributed by atoms with van der Waals surface area (Å²) in [5.74, 6) is 0.854. The topological polar surface area (TPSA) is 79.2 Å². The van der Waals surface area contributed by atoms with Gasteiger partial charge in [-0.1, -0.05) is 30.3 Å². The lowest BCUT2D eigenvalue weighted by Gasteiger charge is -2.32. The number of piperidine rings is 1. The second-order valence-electron chi connectivity index (χ2n) is 8.61. The number of aryl methyl sites for hydroxylation is 1. The quantitative estimate of drug-likeness (QED) is 0.684. The van der Waals surface area contributed by atoms with Gasteiger partial charge >= 0.3 is 0 Å². The molecule has 5 rings (SSSR count). The number of hydrogen-bond acceptors (Lipinski definition) is 6. The lowest BCUT2D eigenvalue weighted by atomic mass is 10.0. The molecule has 2 saturated heterocycles. The van der Waals surface area contributed by atoms with Gasteiger partial charge in [0.15, 0.2) is 5.65 Å². The van der Waals surface area contributed by atoms with Gasteiger partial charge in [-0.2, -0.15) is 5.10 Å². The van der Waals surface area contributed by atoms with E-state index in [1.165, 1.54) is 5.56 Å². The highest BCUT2D eigenvalue weighted by Crippen LogP contribution is 2.26. The zero-order valence-corrected chi connectivity index (χ0v) is 18.0. The van der Waals surface area contributed by atoms with Crippen molar-refractivity contribution in [2.75, 3.05) is 31.1 Å². The first-order valence-corrected chi connectivity index (χ1v) is 11.2. The molecule has 0 saturated carbocycles. The molecule has 2 fully saturated rings. The van der Waals surface area contributed by atoms with Crippen molar-refractivity contribution in [3.63, 3.8) is 0 Å². The molecule has 162 valence electrons. The SMILES string of the molecule is Cn1cc2c(N3CCCC3)nc(C(=O)NC3CCN(Cc4ccccc4)CC3)nc2n1. The Kier molecular flexibility index (Phi) is 5.55. The number of anilines is 1. The molecule has 8 heteroatoms. The van der Waals surface area contributed by atoms with E-state index in [4.69, 9.17) is 0 Å². The molecule has 0 bridgehead atoms. The van der Waals surface area contributed by atoms with E-state index in [2.05, 4.69) is 54.4 Å². The summed E-state index contributed by atoms with van der Waals surface area (Å²) in [6.07, 6.45) is 6.10. The molecule has 0 spiro atoms. The third-order valence-electron chi connectivity index (χ3n) is 6.25. The minimum Gasteiger partial charge on any atom is -0.356 e. The number of hydrogen-bond donors (Lipinski definition) is 1. The van der Waals surface area contributed by atoms with Crippen LogP contribution >= 0.6 is 0 Å². The highest BCUT2D eigenvalue weighted by atomic mass is 16.2. The van der Waals surface area contributed by atoms with Crippen LogP contribution in [0.2, 0.25) is 0 Å². The van der Waals surface area contributed by atoms with Crippen LogP contribution < -0.4 is 10.2 Å². The van der Waals surface area contributed by atoms with Gasteiger partial charge in [0.25, 0.3) is 5.91 Å². The van der Waals surface area contributed by atoms with Gasteiger partial charge in [-0.3, -0.25) is 14.4 Å². The second kappa shape index (κ2) is 8.63. The van der Waals surface area contributed by atoms with Crippen LogP contribution in [0.5, 0.6) is 0 Å². The van der Waals surface area contributed by atoms with Crippen LogP contribution in [0.25, 0.3) is 11.0 Å². The fraction of sp³-hybridized carbons (Fsp3) is 0.478. The molecule has 8 nitrogen and oxygen atoms in total. The predicted molar refractivity (Wildman–Crippen MR) is 120 cm³/mol. The number of aromatic nitrogens is 4. The van der Waals surface area contributed by atoms with E-state index in [-0.39, 0.29) is 17.8 Å². The average molecular weight is 420 g/mol. The lowest BCUT2D eigenvalue weighted by Crippen LogP contribution is -2.44. The minimum atomic E-state index is -0.200. The molecule has 1 amide bonds. The van der Waals surface area contributed by atoms with Gasteiger partial charge in [0, 0.05) is 52.0 Å². The smallest absolute Gasteiger partial charge is 0.289 e. The summed E-state index contributed by atoms with van der Waals surface area (Å²) >= 11 is 0. The number of carbonyl (C=O) groups excluding carboxylic acids is 1. The van der Waals surface area contributed by atoms with Crippen LogP contribution in [0.4, 0.5) is 5.82 Å². The molecule has 2 aliphatic rings. The zero-order valence-electron chi connectivity index (χ0n) is 18.0. The fourth-order valence-corrected chi connectivity index (χ4v) is 4.60. The van der Waals surface area contributed by atoms with E-state index in [1.54, 1.807) is 4.68 Å². The maximum atomic E-state index is 13.0. The Morgan fingerprint density at radius 2 is 1.81 bits per heavy atom. The number of fused-ring (bicyclic) bond motifs is 1. The van der Waals surface area contributed by atoms with Gasteiger partial charge in [0.1, 0.15) is 5.82 Å². The Bertz CT molecular complexity index is 1050. The van der Waals surface area contributed by atoms with Gasteiger partial charge in [-0.05, 0) is 31.2 Å². The van der Waals surface area contributed by atoms with Crippen LogP contribution in [-0.2, 0) is 13.6 Å². The summed E-state index contributed by atoms with van der Waals surface area (Å²) in [4.78, 5) is 26.8. The van der Waals surface area contributed by atoms with Gasteiger partial charge < -0.3 is 10.2 Å². The van der Waals surface area contributed by atoms with Crippen LogP contribution in [0, 0.1) is 0 Å². The molecule has 0 unspecified atom stereocenters. The van der Waals surface area contributed by atoms with Crippen LogP contribution in [0.15, 0.2) is 36.5 Å². The molecule has 0 radical (unpaired) electrons. The Morgan fingerprint density at radius 1 is 1.06 bits per heavy atom. The summed E-state index contributed by atoms with van der Waals surface area (Å²) in [6, 6.07) is 10.7. The molecular weight excluding hydrogens is 390 g/mol. The number of nitrogens with one attached hydrogen (secondary N) is 1. The van der Waals surface area contributed by atoms with Gasteiger partial charge in [-0.15, -0.1) is 0 Å². The number of amides is 1. The van der Waals surface area contributed by atoms with E-state index in [0.29, 0.717) is 5.65 Å². The van der Waals surface area contributed by atoms with Crippen LogP contribution in [0.3, 0.4) is 0 Å². The maximum absolute atomic E-state index is 13.0. The van der Waals surface area contributed by atoms with E-state index in [0.717, 1.165) is 69.6 Å². The Labute approximate surface area is 182 Å². The second-order valence-corrected chi connectivity index (χ2v) is 8.61. The van der Waals surface area contributed by atoms with Crippen molar-refractivity contribution in [2.24, 2.45) is 7.05 Å². The van der Waals surface area contributed by atoms with Crippen molar-refractivity contribution in [3.8, 4) is 0 Å². The molecule has 3 aromatic rings. The average Bonchev–Trinajstić information content (AvgIpc) is 3.44. The van der Waals surface area contributed by atoms with Gasteiger partial charge in [-0.25, -0.2) is 9.97 Å². The standard InChI is InChI=1S/C23H29N7O/c1-28-16-19-20(27-28)25-21(26-22(19)30-11-5-6-12-30)23(31)24-18-9-13-29(14-10-18)15-17-7-3-2-4-8-17/h2-4,7-8,16,18H,5-6,9-15H2,1H3,(H,24,31). The third kappa shape index (κ3) is 4.39. The molecule has 4 heterocycles. The molecule has 1 N–H and O–H groups in total. The van der Waals surface area contributed by atoms with E-state index >= 15 is 0 Å². The van der Waals surface area contributed by atoms with Gasteiger partial charge in [0.05, 0.1) is 5.39 Å². The maximum Gasteiger partial charge on any atom is 0.289 e. The molecule has 31 heavy (non-hydrogen) atoms. The number of nitrogens with zero attached hydrogens (tertiary/aromatic N) is 6. The fourth-order valence-electron chi connectivity index (χ4n) is 4.60. The first-order chi connectivity index (χ1) is 15.2. The monoisotopic (exact) mass is 419 g/mol. The molecule has 1 aromatic carbocycles. The van der Waals surface area contributed by atoms with Crippen molar-refractivity contribution < 1.29 is 4.79 Å². The summed E-state index contributed by atoms with van der Waals surface area (Å²) in [5, 5.41) is 8.51. The lowest BCUT2D eigenvalue weighted by molar-refractivity contribution is 0.0899. The summed E-state index contributed by atoms with van der Waals surface area (Å²) < 4.78 is 1.74. The van der Waals surface area contributed by atoms with Crippen molar-refractivity contribution >= 4 is 22.8 Å². The third-order valence-corrected chi connectivity index (χ3v) is 6.25. The van der Waals surface area contributed by atoms with Crippen LogP contribution in [0.1, 0.15) is 41.9 Å². The highest BCUT2D eigenvalue weighted by Gasteiger charge is 2.25. The van der Waals surface area contributed by atoms with E-state index < -0.39 is 0 Å². The molecule has 2 aliphatic heterocycles. The molecule has 2 aromatic heterocycles. The molecule has 0 atom stereocenters. The van der Waals surface area contributed by atoms with Crippen molar-refractivity contribution in [2.45, 2.75) is 38.3 Å².